The van der Waals surface area contributed by atoms with Crippen molar-refractivity contribution in [2.45, 2.75) is 158 Å². The van der Waals surface area contributed by atoms with Gasteiger partial charge in [0, 0.05) is 6.61 Å². The van der Waals surface area contributed by atoms with Gasteiger partial charge >= 0.3 is 0 Å². The van der Waals surface area contributed by atoms with E-state index in [0.29, 0.717) is 17.6 Å². The molecule has 0 aromatic heterocycles. The molecule has 2 aliphatic heterocycles. The van der Waals surface area contributed by atoms with Crippen molar-refractivity contribution in [2.75, 3.05) is 53.6 Å². The van der Waals surface area contributed by atoms with Gasteiger partial charge in [0.15, 0.2) is 12.6 Å². The first-order valence-corrected chi connectivity index (χ1v) is 17.6. The SMILES string of the molecule is CCCCCCCCCCCCO[C@@H]1O[C@H](CO[C@H]2O[C@H](COCC(O)C[N+](C)(C)CCCC)[C@@H](O)[C@H](O)[C@H]2O)[C@@H](O)[C@H](O)[C@H]1O. The van der Waals surface area contributed by atoms with Crippen molar-refractivity contribution in [1.82, 2.24) is 0 Å². The third-order valence-electron chi connectivity index (χ3n) is 8.96. The van der Waals surface area contributed by atoms with Crippen molar-refractivity contribution < 1.29 is 63.9 Å². The van der Waals surface area contributed by atoms with Crippen molar-refractivity contribution in [3.8, 4) is 0 Å². The van der Waals surface area contributed by atoms with E-state index in [2.05, 4.69) is 13.8 Å². The van der Waals surface area contributed by atoms with Gasteiger partial charge < -0.3 is 63.9 Å². The lowest BCUT2D eigenvalue weighted by atomic mass is 9.98. The van der Waals surface area contributed by atoms with Crippen LogP contribution in [-0.4, -0.2) is 161 Å². The number of aliphatic hydroxyl groups excluding tert-OH is 7. The molecule has 46 heavy (non-hydrogen) atoms. The molecule has 2 rings (SSSR count). The summed E-state index contributed by atoms with van der Waals surface area (Å²) in [7, 11) is 4.07. The van der Waals surface area contributed by atoms with Gasteiger partial charge in [0.2, 0.25) is 0 Å². The number of hydrogen-bond donors (Lipinski definition) is 7. The van der Waals surface area contributed by atoms with Crippen molar-refractivity contribution in [3.05, 3.63) is 0 Å². The molecule has 0 spiro atoms. The molecular weight excluding hydrogens is 602 g/mol. The largest absolute Gasteiger partial charge is 0.387 e. The lowest BCUT2D eigenvalue weighted by Crippen LogP contribution is -2.61. The molecule has 2 heterocycles. The molecule has 0 aliphatic carbocycles. The molecule has 0 aromatic rings. The number of rotatable bonds is 24. The Morgan fingerprint density at radius 2 is 1.07 bits per heavy atom. The van der Waals surface area contributed by atoms with E-state index in [0.717, 1.165) is 38.6 Å². The van der Waals surface area contributed by atoms with Crippen LogP contribution in [0.2, 0.25) is 0 Å². The Bertz CT molecular complexity index is 779. The van der Waals surface area contributed by atoms with Gasteiger partial charge in [-0.15, -0.1) is 0 Å². The maximum Gasteiger partial charge on any atom is 0.186 e. The summed E-state index contributed by atoms with van der Waals surface area (Å²) < 4.78 is 29.0. The summed E-state index contributed by atoms with van der Waals surface area (Å²) in [6.07, 6.45) is -1.03. The molecule has 0 saturated carbocycles. The number of unbranched alkanes of at least 4 members (excludes halogenated alkanes) is 10. The molecule has 274 valence electrons. The standard InChI is InChI=1S/C33H66NO12/c1-5-7-9-10-11-12-13-14-15-16-18-43-32-30(40)29(39)27(37)25(46-32)22-44-33-31(41)28(38)26(36)24(45-33)21-42-20-23(35)19-34(3,4)17-8-6-2/h23-33,35-41H,5-22H2,1-4H3/q+1/t23?,24-,25-,26-,27-,28+,29+,30-,31-,32-,33+/m1/s1. The van der Waals surface area contributed by atoms with Crippen molar-refractivity contribution >= 4 is 0 Å². The van der Waals surface area contributed by atoms with Crippen LogP contribution in [0.25, 0.3) is 0 Å². The maximum atomic E-state index is 10.5. The Morgan fingerprint density at radius 3 is 1.61 bits per heavy atom. The number of quaternary nitrogens is 1. The number of nitrogens with zero attached hydrogens (tertiary/aromatic N) is 1. The second kappa shape index (κ2) is 22.2. The van der Waals surface area contributed by atoms with Crippen LogP contribution in [0.3, 0.4) is 0 Å². The van der Waals surface area contributed by atoms with Crippen LogP contribution in [0.5, 0.6) is 0 Å². The van der Waals surface area contributed by atoms with Gasteiger partial charge in [-0.1, -0.05) is 78.1 Å². The van der Waals surface area contributed by atoms with Crippen LogP contribution in [0.4, 0.5) is 0 Å². The number of likely N-dealkylation sites (N-methyl/N-ethyl adjacent to an activating group) is 1. The second-order valence-corrected chi connectivity index (χ2v) is 13.8. The molecule has 2 saturated heterocycles. The summed E-state index contributed by atoms with van der Waals surface area (Å²) in [5, 5.41) is 73.2. The fourth-order valence-corrected chi connectivity index (χ4v) is 5.98. The smallest absolute Gasteiger partial charge is 0.186 e. The molecule has 0 bridgehead atoms. The van der Waals surface area contributed by atoms with E-state index in [9.17, 15) is 35.7 Å². The third-order valence-corrected chi connectivity index (χ3v) is 8.96. The minimum atomic E-state index is -1.62. The van der Waals surface area contributed by atoms with E-state index in [1.165, 1.54) is 44.9 Å². The van der Waals surface area contributed by atoms with Crippen LogP contribution in [0, 0.1) is 0 Å². The van der Waals surface area contributed by atoms with Gasteiger partial charge in [-0.2, -0.15) is 0 Å². The molecule has 11 atom stereocenters. The van der Waals surface area contributed by atoms with E-state index in [-0.39, 0.29) is 19.8 Å². The molecule has 0 aromatic carbocycles. The quantitative estimate of drug-likeness (QED) is 0.0568. The molecule has 13 nitrogen and oxygen atoms in total. The van der Waals surface area contributed by atoms with Crippen LogP contribution < -0.4 is 0 Å². The lowest BCUT2D eigenvalue weighted by Gasteiger charge is -2.43. The normalized spacial score (nSPS) is 32.9. The molecule has 7 N–H and O–H groups in total. The van der Waals surface area contributed by atoms with Crippen LogP contribution in [0.1, 0.15) is 90.9 Å². The summed E-state index contributed by atoms with van der Waals surface area (Å²) in [4.78, 5) is 0. The van der Waals surface area contributed by atoms with E-state index in [1.54, 1.807) is 0 Å². The van der Waals surface area contributed by atoms with Crippen molar-refractivity contribution in [2.24, 2.45) is 0 Å². The first-order chi connectivity index (χ1) is 21.9. The molecule has 2 aliphatic rings. The number of hydrogen-bond acceptors (Lipinski definition) is 12. The fraction of sp³-hybridized carbons (Fsp3) is 1.00. The highest BCUT2D eigenvalue weighted by molar-refractivity contribution is 4.91. The van der Waals surface area contributed by atoms with Gasteiger partial charge in [-0.3, -0.25) is 0 Å². The Balaban J connectivity index is 1.77. The summed E-state index contributed by atoms with van der Waals surface area (Å²) >= 11 is 0. The highest BCUT2D eigenvalue weighted by atomic mass is 16.7. The predicted molar refractivity (Wildman–Crippen MR) is 171 cm³/mol. The Kier molecular flexibility index (Phi) is 20.1. The van der Waals surface area contributed by atoms with Gasteiger partial charge in [0.05, 0.1) is 40.5 Å². The van der Waals surface area contributed by atoms with Gasteiger partial charge in [-0.25, -0.2) is 0 Å². The first kappa shape index (κ1) is 41.7. The van der Waals surface area contributed by atoms with Gasteiger partial charge in [-0.05, 0) is 12.8 Å². The van der Waals surface area contributed by atoms with Gasteiger partial charge in [0.25, 0.3) is 0 Å². The molecule has 13 heteroatoms. The van der Waals surface area contributed by atoms with Crippen molar-refractivity contribution in [3.63, 3.8) is 0 Å². The second-order valence-electron chi connectivity index (χ2n) is 13.8. The minimum Gasteiger partial charge on any atom is -0.387 e. The molecule has 2 fully saturated rings. The highest BCUT2D eigenvalue weighted by Crippen LogP contribution is 2.26. The fourth-order valence-electron chi connectivity index (χ4n) is 5.98. The van der Waals surface area contributed by atoms with Crippen LogP contribution >= 0.6 is 0 Å². The topological polar surface area (TPSA) is 188 Å². The highest BCUT2D eigenvalue weighted by Gasteiger charge is 2.47. The Hall–Kier alpha value is -0.520. The zero-order valence-electron chi connectivity index (χ0n) is 28.7. The first-order valence-electron chi connectivity index (χ1n) is 17.6. The van der Waals surface area contributed by atoms with Crippen LogP contribution in [0.15, 0.2) is 0 Å². The zero-order valence-corrected chi connectivity index (χ0v) is 28.7. The summed E-state index contributed by atoms with van der Waals surface area (Å²) in [6.45, 7) is 5.49. The third kappa shape index (κ3) is 14.5. The number of ether oxygens (including phenoxy) is 5. The molecule has 0 amide bonds. The Labute approximate surface area is 276 Å². The lowest BCUT2D eigenvalue weighted by molar-refractivity contribution is -0.893. The zero-order chi connectivity index (χ0) is 34.1. The van der Waals surface area contributed by atoms with E-state index < -0.39 is 67.5 Å². The van der Waals surface area contributed by atoms with Crippen LogP contribution in [-0.2, 0) is 23.7 Å². The van der Waals surface area contributed by atoms with E-state index in [4.69, 9.17) is 23.7 Å². The monoisotopic (exact) mass is 668 g/mol. The predicted octanol–water partition coefficient (Wildman–Crippen LogP) is 0.810. The number of aliphatic hydroxyl groups is 7. The van der Waals surface area contributed by atoms with Crippen molar-refractivity contribution in [1.29, 1.82) is 0 Å². The van der Waals surface area contributed by atoms with Gasteiger partial charge in [0.1, 0.15) is 61.5 Å². The average molecular weight is 669 g/mol. The summed E-state index contributed by atoms with van der Waals surface area (Å²) in [5.41, 5.74) is 0. The molecular formula is C33H66NO12+. The average Bonchev–Trinajstić information content (AvgIpc) is 3.02. The summed E-state index contributed by atoms with van der Waals surface area (Å²) in [6, 6.07) is 0. The minimum absolute atomic E-state index is 0.00656. The summed E-state index contributed by atoms with van der Waals surface area (Å²) in [5.74, 6) is 0. The Morgan fingerprint density at radius 1 is 0.587 bits per heavy atom. The molecule has 1 unspecified atom stereocenters. The maximum absolute atomic E-state index is 10.5. The van der Waals surface area contributed by atoms with E-state index in [1.807, 2.05) is 14.1 Å². The van der Waals surface area contributed by atoms with E-state index >= 15 is 0 Å². The molecule has 0 radical (unpaired) electrons.